The van der Waals surface area contributed by atoms with E-state index >= 15 is 0 Å². The summed E-state index contributed by atoms with van der Waals surface area (Å²) in [5, 5.41) is 4.09. The van der Waals surface area contributed by atoms with Gasteiger partial charge in [-0.05, 0) is 93.1 Å². The van der Waals surface area contributed by atoms with Gasteiger partial charge in [0, 0.05) is 69.1 Å². The quantitative estimate of drug-likeness (QED) is 0.163. The number of benzene rings is 4. The van der Waals surface area contributed by atoms with Crippen LogP contribution >= 0.6 is 0 Å². The summed E-state index contributed by atoms with van der Waals surface area (Å²) in [6, 6.07) is 29.7. The van der Waals surface area contributed by atoms with Gasteiger partial charge in [-0.2, -0.15) is 6.07 Å². The molecule has 3 aromatic heterocycles. The second-order valence-electron chi connectivity index (χ2n) is 12.3. The number of aromatic nitrogens is 5. The smallest absolute Gasteiger partial charge is 0.0672 e. The fourth-order valence-electron chi connectivity index (χ4n) is 6.55. The Balaban J connectivity index is 0.000000192. The fraction of sp³-hybridized carbons (Fsp3) is 0.195. The Labute approximate surface area is 296 Å². The van der Waals surface area contributed by atoms with E-state index < -0.39 is 0 Å². The topological polar surface area (TPSA) is 61.7 Å². The maximum Gasteiger partial charge on any atom is 0.0672 e. The molecule has 0 atom stereocenters. The zero-order chi connectivity index (χ0) is 33.2. The molecule has 4 aromatic carbocycles. The zero-order valence-electron chi connectivity index (χ0n) is 28.6. The van der Waals surface area contributed by atoms with Crippen LogP contribution in [0.1, 0.15) is 38.9 Å². The van der Waals surface area contributed by atoms with Crippen LogP contribution in [0, 0.1) is 60.6 Å². The number of hydrogen-bond acceptors (Lipinski definition) is 4. The molecule has 0 N–H and O–H groups in total. The van der Waals surface area contributed by atoms with Crippen LogP contribution in [-0.2, 0) is 27.2 Å². The Bertz CT molecular complexity index is 2130. The van der Waals surface area contributed by atoms with Crippen molar-refractivity contribution in [3.05, 3.63) is 143 Å². The molecule has 0 aliphatic heterocycles. The van der Waals surface area contributed by atoms with Crippen molar-refractivity contribution >= 4 is 0 Å². The van der Waals surface area contributed by atoms with E-state index in [9.17, 15) is 0 Å². The molecular weight excluding hydrogens is 771 g/mol. The van der Waals surface area contributed by atoms with Crippen LogP contribution in [0.4, 0.5) is 0 Å². The summed E-state index contributed by atoms with van der Waals surface area (Å²) in [4.78, 5) is 9.33. The molecule has 7 rings (SSSR count). The second-order valence-corrected chi connectivity index (χ2v) is 12.3. The standard InChI is InChI=1S/C23H22N3O.C18H17N2.Ir/c1-14-11-17(4)22(18(5)12-14)26-13-20(21-15(2)7-6-8-16(21)3)24-23(26)19-9-10-27-25-19;1-13-6-4-7-14(2)17(13)15-8-5-9-16(12-15)18-19-10-11-20(18)3;/h6-8,10-13H,1-5H3;4-8,10-12H,1-3H3;/q2*-1;. The third-order valence-corrected chi connectivity index (χ3v) is 8.56. The summed E-state index contributed by atoms with van der Waals surface area (Å²) in [5.41, 5.74) is 16.0. The minimum Gasteiger partial charge on any atom is -0.387 e. The van der Waals surface area contributed by atoms with Crippen molar-refractivity contribution in [3.63, 3.8) is 0 Å². The van der Waals surface area contributed by atoms with Crippen LogP contribution in [0.3, 0.4) is 0 Å². The third-order valence-electron chi connectivity index (χ3n) is 8.56. The average molecular weight is 810 g/mol. The molecule has 0 saturated heterocycles. The summed E-state index contributed by atoms with van der Waals surface area (Å²) in [5.74, 6) is 1.68. The molecule has 0 spiro atoms. The number of nitrogens with zero attached hydrogens (tertiary/aromatic N) is 5. The molecule has 7 heteroatoms. The predicted octanol–water partition coefficient (Wildman–Crippen LogP) is 9.71. The van der Waals surface area contributed by atoms with Gasteiger partial charge in [-0.1, -0.05) is 54.1 Å². The van der Waals surface area contributed by atoms with Crippen LogP contribution < -0.4 is 0 Å². The van der Waals surface area contributed by atoms with Crippen molar-refractivity contribution in [1.82, 2.24) is 24.3 Å². The van der Waals surface area contributed by atoms with Crippen molar-refractivity contribution in [2.24, 2.45) is 7.05 Å². The average Bonchev–Trinajstić information content (AvgIpc) is 3.79. The second kappa shape index (κ2) is 14.5. The van der Waals surface area contributed by atoms with Crippen molar-refractivity contribution in [2.75, 3.05) is 0 Å². The molecule has 7 aromatic rings. The molecule has 3 heterocycles. The summed E-state index contributed by atoms with van der Waals surface area (Å²) in [7, 11) is 2.00. The normalized spacial score (nSPS) is 10.8. The van der Waals surface area contributed by atoms with Gasteiger partial charge in [0.25, 0.3) is 0 Å². The molecule has 0 aliphatic rings. The molecular formula is C41H39IrN5O-2. The largest absolute Gasteiger partial charge is 0.387 e. The van der Waals surface area contributed by atoms with Crippen LogP contribution in [0.5, 0.6) is 0 Å². The first-order valence-electron chi connectivity index (χ1n) is 15.7. The van der Waals surface area contributed by atoms with Crippen LogP contribution in [0.2, 0.25) is 0 Å². The van der Waals surface area contributed by atoms with E-state index in [1.54, 1.807) is 0 Å². The van der Waals surface area contributed by atoms with Gasteiger partial charge in [-0.25, -0.2) is 0 Å². The number of hydrogen-bond donors (Lipinski definition) is 0. The molecule has 1 radical (unpaired) electrons. The molecule has 6 nitrogen and oxygen atoms in total. The van der Waals surface area contributed by atoms with E-state index in [0.717, 1.165) is 34.2 Å². The molecule has 0 amide bonds. The Morgan fingerprint density at radius 1 is 0.708 bits per heavy atom. The van der Waals surface area contributed by atoms with Crippen molar-refractivity contribution in [1.29, 1.82) is 0 Å². The SMILES string of the molecule is Cc1cc(C)c(-n2cc(-c3c(C)cccc3C)nc2-c2[c-]con2)c(C)c1.Cc1cccc(C)c1-c1cc[c-]c(-c2nccn2C)c1.[Ir]. The van der Waals surface area contributed by atoms with E-state index in [1.807, 2.05) is 30.1 Å². The predicted molar refractivity (Wildman–Crippen MR) is 189 cm³/mol. The monoisotopic (exact) mass is 810 g/mol. The first kappa shape index (κ1) is 34.5. The van der Waals surface area contributed by atoms with Crippen LogP contribution in [0.25, 0.3) is 51.0 Å². The van der Waals surface area contributed by atoms with Crippen LogP contribution in [-0.4, -0.2) is 24.3 Å². The van der Waals surface area contributed by atoms with Gasteiger partial charge in [-0.15, -0.1) is 40.5 Å². The van der Waals surface area contributed by atoms with Gasteiger partial charge in [0.05, 0.1) is 11.5 Å². The fourth-order valence-corrected chi connectivity index (χ4v) is 6.55. The van der Waals surface area contributed by atoms with Gasteiger partial charge in [0.1, 0.15) is 0 Å². The van der Waals surface area contributed by atoms with Gasteiger partial charge in [-0.3, -0.25) is 4.98 Å². The maximum absolute atomic E-state index is 5.04. The van der Waals surface area contributed by atoms with Crippen molar-refractivity contribution in [3.8, 4) is 51.0 Å². The Morgan fingerprint density at radius 3 is 1.90 bits per heavy atom. The molecule has 0 bridgehead atoms. The summed E-state index contributed by atoms with van der Waals surface area (Å²) >= 11 is 0. The molecule has 245 valence electrons. The number of rotatable bonds is 5. The van der Waals surface area contributed by atoms with Gasteiger partial charge < -0.3 is 18.6 Å². The zero-order valence-corrected chi connectivity index (χ0v) is 31.0. The van der Waals surface area contributed by atoms with E-state index in [-0.39, 0.29) is 20.1 Å². The van der Waals surface area contributed by atoms with E-state index in [4.69, 9.17) is 9.51 Å². The molecule has 48 heavy (non-hydrogen) atoms. The minimum atomic E-state index is 0. The third kappa shape index (κ3) is 6.89. The Morgan fingerprint density at radius 2 is 1.33 bits per heavy atom. The maximum atomic E-state index is 5.04. The minimum absolute atomic E-state index is 0. The van der Waals surface area contributed by atoms with Crippen molar-refractivity contribution < 1.29 is 24.6 Å². The number of aryl methyl sites for hydroxylation is 8. The molecule has 0 unspecified atom stereocenters. The van der Waals surface area contributed by atoms with Gasteiger partial charge in [0.2, 0.25) is 0 Å². The first-order chi connectivity index (χ1) is 22.6. The summed E-state index contributed by atoms with van der Waals surface area (Å²) < 4.78 is 9.17. The molecule has 0 saturated carbocycles. The van der Waals surface area contributed by atoms with E-state index in [0.29, 0.717) is 5.69 Å². The van der Waals surface area contributed by atoms with Gasteiger partial charge in [0.15, 0.2) is 0 Å². The Kier molecular flexibility index (Phi) is 10.4. The Hall–Kier alpha value is -4.84. The number of imidazole rings is 2. The van der Waals surface area contributed by atoms with E-state index in [2.05, 4.69) is 142 Å². The van der Waals surface area contributed by atoms with Gasteiger partial charge >= 0.3 is 0 Å². The van der Waals surface area contributed by atoms with Crippen LogP contribution in [0.15, 0.2) is 96.1 Å². The van der Waals surface area contributed by atoms with E-state index in [1.165, 1.54) is 56.3 Å². The molecule has 0 aliphatic carbocycles. The molecule has 0 fully saturated rings. The summed E-state index contributed by atoms with van der Waals surface area (Å²) in [6.45, 7) is 14.9. The summed E-state index contributed by atoms with van der Waals surface area (Å²) in [6.07, 6.45) is 7.32. The van der Waals surface area contributed by atoms with Crippen molar-refractivity contribution in [2.45, 2.75) is 48.5 Å². The first-order valence-corrected chi connectivity index (χ1v) is 15.7.